The maximum atomic E-state index is 11.8. The second kappa shape index (κ2) is 7.37. The first-order valence-electron chi connectivity index (χ1n) is 8.99. The summed E-state index contributed by atoms with van der Waals surface area (Å²) in [6.07, 6.45) is -1.14. The van der Waals surface area contributed by atoms with E-state index in [1.165, 1.54) is 7.11 Å². The van der Waals surface area contributed by atoms with Gasteiger partial charge in [-0.25, -0.2) is 0 Å². The Bertz CT molecular complexity index is 1020. The third-order valence-corrected chi connectivity index (χ3v) is 4.98. The number of primary amides is 1. The van der Waals surface area contributed by atoms with Gasteiger partial charge in [0, 0.05) is 12.7 Å². The number of carbonyl (C=O) groups is 1. The number of ether oxygens (including phenoxy) is 3. The lowest BCUT2D eigenvalue weighted by atomic mass is 9.87. The number of benzene rings is 3. The topological polar surface area (TPSA) is 70.8 Å². The van der Waals surface area contributed by atoms with Crippen molar-refractivity contribution in [2.45, 2.75) is 12.2 Å². The average molecular weight is 375 g/mol. The van der Waals surface area contributed by atoms with E-state index < -0.39 is 12.0 Å². The molecule has 2 unspecified atom stereocenters. The maximum Gasteiger partial charge on any atom is 0.251 e. The smallest absolute Gasteiger partial charge is 0.251 e. The maximum absolute atomic E-state index is 11.8. The van der Waals surface area contributed by atoms with E-state index in [0.717, 1.165) is 33.8 Å². The van der Waals surface area contributed by atoms with Crippen LogP contribution in [0.2, 0.25) is 0 Å². The van der Waals surface area contributed by atoms with E-state index in [1.807, 2.05) is 66.7 Å². The minimum atomic E-state index is -0.819. The molecule has 0 radical (unpaired) electrons. The molecule has 1 heterocycles. The summed E-state index contributed by atoms with van der Waals surface area (Å²) in [6.45, 7) is 0. The minimum Gasteiger partial charge on any atom is -0.496 e. The van der Waals surface area contributed by atoms with Gasteiger partial charge in [0.1, 0.15) is 17.6 Å². The second-order valence-corrected chi connectivity index (χ2v) is 6.61. The fourth-order valence-corrected chi connectivity index (χ4v) is 3.72. The molecule has 28 heavy (non-hydrogen) atoms. The number of hydrogen-bond acceptors (Lipinski definition) is 4. The zero-order valence-corrected chi connectivity index (χ0v) is 15.7. The third kappa shape index (κ3) is 3.00. The van der Waals surface area contributed by atoms with Crippen LogP contribution in [-0.2, 0) is 9.53 Å². The summed E-state index contributed by atoms with van der Waals surface area (Å²) >= 11 is 0. The summed E-state index contributed by atoms with van der Waals surface area (Å²) in [7, 11) is 3.11. The van der Waals surface area contributed by atoms with Gasteiger partial charge < -0.3 is 19.9 Å². The highest BCUT2D eigenvalue weighted by atomic mass is 16.5. The molecule has 3 aromatic carbocycles. The van der Waals surface area contributed by atoms with Gasteiger partial charge in [-0.3, -0.25) is 4.79 Å². The third-order valence-electron chi connectivity index (χ3n) is 4.98. The molecule has 5 heteroatoms. The van der Waals surface area contributed by atoms with Gasteiger partial charge >= 0.3 is 0 Å². The van der Waals surface area contributed by atoms with Gasteiger partial charge in [0.15, 0.2) is 6.10 Å². The number of fused-ring (bicyclic) bond motifs is 3. The van der Waals surface area contributed by atoms with Crippen LogP contribution < -0.4 is 15.2 Å². The lowest BCUT2D eigenvalue weighted by Gasteiger charge is -2.31. The molecule has 1 amide bonds. The zero-order valence-electron chi connectivity index (χ0n) is 15.7. The van der Waals surface area contributed by atoms with Crippen LogP contribution in [0.3, 0.4) is 0 Å². The van der Waals surface area contributed by atoms with E-state index in [9.17, 15) is 4.79 Å². The van der Waals surface area contributed by atoms with Crippen LogP contribution in [0.15, 0.2) is 66.7 Å². The SMILES string of the molecule is COc1cccc2c1-c1ccc(C(OC)C(N)=O)cc1C(c1ccccc1)O2. The zero-order chi connectivity index (χ0) is 19.7. The van der Waals surface area contributed by atoms with Crippen molar-refractivity contribution in [3.8, 4) is 22.6 Å². The standard InChI is InChI=1S/C23H21NO4/c1-26-18-9-6-10-19-20(18)16-12-11-15(22(27-2)23(24)25)13-17(16)21(28-19)14-7-4-3-5-8-14/h3-13,21-22H,1-2H3,(H2,24,25). The molecule has 0 spiro atoms. The Labute approximate surface area is 163 Å². The number of amides is 1. The molecule has 0 aliphatic carbocycles. The first kappa shape index (κ1) is 18.1. The highest BCUT2D eigenvalue weighted by Crippen LogP contribution is 2.49. The number of methoxy groups -OCH3 is 2. The molecule has 0 saturated carbocycles. The molecule has 0 bridgehead atoms. The Morgan fingerprint density at radius 2 is 1.82 bits per heavy atom. The van der Waals surface area contributed by atoms with Crippen molar-refractivity contribution in [2.75, 3.05) is 14.2 Å². The summed E-state index contributed by atoms with van der Waals surface area (Å²) < 4.78 is 17.3. The number of nitrogens with two attached hydrogens (primary N) is 1. The van der Waals surface area contributed by atoms with Crippen LogP contribution in [0.1, 0.15) is 28.9 Å². The summed E-state index contributed by atoms with van der Waals surface area (Å²) in [5.74, 6) is 0.955. The van der Waals surface area contributed by atoms with Gasteiger partial charge in [-0.15, -0.1) is 0 Å². The fourth-order valence-electron chi connectivity index (χ4n) is 3.72. The van der Waals surface area contributed by atoms with Crippen LogP contribution in [-0.4, -0.2) is 20.1 Å². The first-order chi connectivity index (χ1) is 13.6. The Hall–Kier alpha value is -3.31. The average Bonchev–Trinajstić information content (AvgIpc) is 2.73. The van der Waals surface area contributed by atoms with Crippen LogP contribution in [0.5, 0.6) is 11.5 Å². The largest absolute Gasteiger partial charge is 0.496 e. The molecule has 142 valence electrons. The summed E-state index contributed by atoms with van der Waals surface area (Å²) in [4.78, 5) is 11.8. The Balaban J connectivity index is 1.94. The highest BCUT2D eigenvalue weighted by Gasteiger charge is 2.31. The summed E-state index contributed by atoms with van der Waals surface area (Å²) in [5, 5.41) is 0. The van der Waals surface area contributed by atoms with Crippen LogP contribution in [0.25, 0.3) is 11.1 Å². The van der Waals surface area contributed by atoms with E-state index in [0.29, 0.717) is 5.56 Å². The van der Waals surface area contributed by atoms with E-state index in [2.05, 4.69) is 0 Å². The number of hydrogen-bond donors (Lipinski definition) is 1. The first-order valence-corrected chi connectivity index (χ1v) is 8.99. The van der Waals surface area contributed by atoms with Gasteiger partial charge in [-0.05, 0) is 34.9 Å². The molecule has 2 N–H and O–H groups in total. The predicted molar refractivity (Wildman–Crippen MR) is 106 cm³/mol. The molecule has 1 aliphatic heterocycles. The van der Waals surface area contributed by atoms with E-state index >= 15 is 0 Å². The molecule has 0 saturated heterocycles. The molecule has 3 aromatic rings. The molecule has 1 aliphatic rings. The lowest BCUT2D eigenvalue weighted by molar-refractivity contribution is -0.128. The quantitative estimate of drug-likeness (QED) is 0.731. The Morgan fingerprint density at radius 3 is 2.50 bits per heavy atom. The van der Waals surface area contributed by atoms with Gasteiger partial charge in [0.25, 0.3) is 5.91 Å². The molecule has 0 fully saturated rings. The van der Waals surface area contributed by atoms with Gasteiger partial charge in [0.05, 0.1) is 12.7 Å². The van der Waals surface area contributed by atoms with Gasteiger partial charge in [-0.2, -0.15) is 0 Å². The molecule has 5 nitrogen and oxygen atoms in total. The lowest BCUT2D eigenvalue weighted by Crippen LogP contribution is -2.23. The normalized spacial score (nSPS) is 15.7. The van der Waals surface area contributed by atoms with Gasteiger partial charge in [0.2, 0.25) is 0 Å². The van der Waals surface area contributed by atoms with Crippen LogP contribution >= 0.6 is 0 Å². The van der Waals surface area contributed by atoms with E-state index in [-0.39, 0.29) is 6.10 Å². The van der Waals surface area contributed by atoms with Crippen molar-refractivity contribution in [1.29, 1.82) is 0 Å². The van der Waals surface area contributed by atoms with Crippen molar-refractivity contribution in [3.63, 3.8) is 0 Å². The second-order valence-electron chi connectivity index (χ2n) is 6.61. The van der Waals surface area contributed by atoms with Gasteiger partial charge in [-0.1, -0.05) is 48.5 Å². The molecular formula is C23H21NO4. The van der Waals surface area contributed by atoms with Crippen LogP contribution in [0.4, 0.5) is 0 Å². The van der Waals surface area contributed by atoms with Crippen molar-refractivity contribution in [2.24, 2.45) is 5.73 Å². The Morgan fingerprint density at radius 1 is 1.04 bits per heavy atom. The summed E-state index contributed by atoms with van der Waals surface area (Å²) in [5.41, 5.74) is 10.0. The minimum absolute atomic E-state index is 0.318. The fraction of sp³-hybridized carbons (Fsp3) is 0.174. The van der Waals surface area contributed by atoms with Crippen molar-refractivity contribution < 1.29 is 19.0 Å². The van der Waals surface area contributed by atoms with Crippen molar-refractivity contribution >= 4 is 5.91 Å². The Kier molecular flexibility index (Phi) is 4.75. The molecule has 4 rings (SSSR count). The molecular weight excluding hydrogens is 354 g/mol. The van der Waals surface area contributed by atoms with E-state index in [4.69, 9.17) is 19.9 Å². The highest BCUT2D eigenvalue weighted by molar-refractivity contribution is 5.84. The molecule has 2 atom stereocenters. The number of rotatable bonds is 5. The van der Waals surface area contributed by atoms with Crippen molar-refractivity contribution in [3.05, 3.63) is 83.4 Å². The monoisotopic (exact) mass is 375 g/mol. The van der Waals surface area contributed by atoms with Crippen LogP contribution in [0, 0.1) is 0 Å². The predicted octanol–water partition coefficient (Wildman–Crippen LogP) is 4.02. The summed E-state index contributed by atoms with van der Waals surface area (Å²) in [6, 6.07) is 21.5. The van der Waals surface area contributed by atoms with Crippen molar-refractivity contribution in [1.82, 2.24) is 0 Å². The van der Waals surface area contributed by atoms with E-state index in [1.54, 1.807) is 7.11 Å². The number of carbonyl (C=O) groups excluding carboxylic acids is 1. The molecule has 0 aromatic heterocycles.